The molecule has 0 aliphatic carbocycles. The van der Waals surface area contributed by atoms with Crippen molar-refractivity contribution in [2.75, 3.05) is 5.73 Å². The lowest BCUT2D eigenvalue weighted by Crippen LogP contribution is -1.88. The van der Waals surface area contributed by atoms with E-state index in [1.165, 1.54) is 0 Å². The van der Waals surface area contributed by atoms with Gasteiger partial charge < -0.3 is 10.3 Å². The Labute approximate surface area is 107 Å². The van der Waals surface area contributed by atoms with Gasteiger partial charge in [0, 0.05) is 18.6 Å². The Morgan fingerprint density at radius 1 is 1.28 bits per heavy atom. The Morgan fingerprint density at radius 2 is 2.06 bits per heavy atom. The molecule has 90 valence electrons. The molecule has 0 aliphatic rings. The van der Waals surface area contributed by atoms with Crippen LogP contribution in [0.2, 0.25) is 0 Å². The predicted octanol–water partition coefficient (Wildman–Crippen LogP) is 2.75. The largest absolute Gasteiger partial charge is 0.380 e. The van der Waals surface area contributed by atoms with Gasteiger partial charge in [-0.3, -0.25) is 4.98 Å². The minimum Gasteiger partial charge on any atom is -0.380 e. The maximum Gasteiger partial charge on any atom is 0.188 e. The molecule has 0 amide bonds. The second-order valence-electron chi connectivity index (χ2n) is 3.75. The molecule has 3 aromatic heterocycles. The zero-order valence-corrected chi connectivity index (χ0v) is 10.4. The Balaban J connectivity index is 2.18. The van der Waals surface area contributed by atoms with Crippen molar-refractivity contribution < 1.29 is 4.52 Å². The number of thiazole rings is 1. The fraction of sp³-hybridized carbons (Fsp3) is 0.0833. The molecular weight excluding hydrogens is 248 g/mol. The van der Waals surface area contributed by atoms with E-state index in [2.05, 4.69) is 15.1 Å². The van der Waals surface area contributed by atoms with Crippen LogP contribution in [0.15, 0.2) is 35.2 Å². The van der Waals surface area contributed by atoms with Gasteiger partial charge in [0.15, 0.2) is 11.6 Å². The smallest absolute Gasteiger partial charge is 0.188 e. The first kappa shape index (κ1) is 10.9. The van der Waals surface area contributed by atoms with E-state index >= 15 is 0 Å². The van der Waals surface area contributed by atoms with E-state index in [0.717, 1.165) is 21.0 Å². The highest BCUT2D eigenvalue weighted by Crippen LogP contribution is 2.38. The van der Waals surface area contributed by atoms with Crippen LogP contribution in [0.1, 0.15) is 5.01 Å². The normalized spacial score (nSPS) is 10.7. The molecule has 0 aliphatic heterocycles. The number of hydrogen-bond acceptors (Lipinski definition) is 6. The Morgan fingerprint density at radius 3 is 2.72 bits per heavy atom. The van der Waals surface area contributed by atoms with E-state index in [1.54, 1.807) is 29.9 Å². The Kier molecular flexibility index (Phi) is 2.56. The highest BCUT2D eigenvalue weighted by molar-refractivity contribution is 7.15. The monoisotopic (exact) mass is 258 g/mol. The lowest BCUT2D eigenvalue weighted by molar-refractivity contribution is 0.437. The number of pyridine rings is 1. The van der Waals surface area contributed by atoms with Gasteiger partial charge in [-0.25, -0.2) is 4.98 Å². The van der Waals surface area contributed by atoms with Crippen LogP contribution < -0.4 is 5.73 Å². The zero-order chi connectivity index (χ0) is 12.5. The number of hydrogen-bond donors (Lipinski definition) is 1. The second kappa shape index (κ2) is 4.23. The third kappa shape index (κ3) is 1.76. The van der Waals surface area contributed by atoms with Crippen LogP contribution in [0.3, 0.4) is 0 Å². The molecule has 3 rings (SSSR count). The van der Waals surface area contributed by atoms with Crippen molar-refractivity contribution in [1.29, 1.82) is 0 Å². The highest BCUT2D eigenvalue weighted by Gasteiger charge is 2.19. The number of rotatable bonds is 2. The summed E-state index contributed by atoms with van der Waals surface area (Å²) in [5, 5.41) is 4.81. The third-order valence-corrected chi connectivity index (χ3v) is 3.44. The number of nitrogens with two attached hydrogens (primary N) is 1. The molecule has 0 unspecified atom stereocenters. The number of anilines is 1. The van der Waals surface area contributed by atoms with Crippen molar-refractivity contribution in [1.82, 2.24) is 15.1 Å². The zero-order valence-electron chi connectivity index (χ0n) is 9.62. The third-order valence-electron chi connectivity index (χ3n) is 2.53. The van der Waals surface area contributed by atoms with Crippen LogP contribution in [-0.4, -0.2) is 15.1 Å². The van der Waals surface area contributed by atoms with Crippen LogP contribution in [0.5, 0.6) is 0 Å². The molecule has 5 nitrogen and oxygen atoms in total. The maximum atomic E-state index is 5.88. The Bertz CT molecular complexity index is 674. The van der Waals surface area contributed by atoms with Gasteiger partial charge in [0.25, 0.3) is 0 Å². The first-order chi connectivity index (χ1) is 8.75. The van der Waals surface area contributed by atoms with Crippen LogP contribution in [0.25, 0.3) is 21.8 Å². The van der Waals surface area contributed by atoms with Crippen LogP contribution in [0.4, 0.5) is 5.82 Å². The fourth-order valence-corrected chi connectivity index (χ4v) is 2.50. The van der Waals surface area contributed by atoms with Gasteiger partial charge in [-0.1, -0.05) is 5.16 Å². The molecule has 0 fully saturated rings. The molecular formula is C12H10N4OS. The first-order valence-corrected chi connectivity index (χ1v) is 6.15. The fourth-order valence-electron chi connectivity index (χ4n) is 1.73. The van der Waals surface area contributed by atoms with E-state index in [4.69, 9.17) is 10.3 Å². The van der Waals surface area contributed by atoms with Crippen molar-refractivity contribution >= 4 is 17.2 Å². The van der Waals surface area contributed by atoms with Gasteiger partial charge in [0.2, 0.25) is 0 Å². The van der Waals surface area contributed by atoms with Gasteiger partial charge >= 0.3 is 0 Å². The molecule has 0 saturated heterocycles. The van der Waals surface area contributed by atoms with Crippen molar-refractivity contribution in [3.05, 3.63) is 35.7 Å². The van der Waals surface area contributed by atoms with Gasteiger partial charge in [0.05, 0.1) is 15.4 Å². The van der Waals surface area contributed by atoms with Gasteiger partial charge in [-0.2, -0.15) is 0 Å². The summed E-state index contributed by atoms with van der Waals surface area (Å²) in [6.07, 6.45) is 5.19. The molecule has 18 heavy (non-hydrogen) atoms. The molecule has 6 heteroatoms. The summed E-state index contributed by atoms with van der Waals surface area (Å²) in [6.45, 7) is 1.94. The van der Waals surface area contributed by atoms with E-state index in [9.17, 15) is 0 Å². The SMILES string of the molecule is Cc1ncc(-c2onc(N)c2-c2ccncc2)s1. The van der Waals surface area contributed by atoms with E-state index in [-0.39, 0.29) is 0 Å². The highest BCUT2D eigenvalue weighted by atomic mass is 32.1. The summed E-state index contributed by atoms with van der Waals surface area (Å²) in [6, 6.07) is 3.75. The van der Waals surface area contributed by atoms with Crippen LogP contribution in [0, 0.1) is 6.92 Å². The summed E-state index contributed by atoms with van der Waals surface area (Å²) in [5.74, 6) is 1.03. The second-order valence-corrected chi connectivity index (χ2v) is 4.99. The minimum absolute atomic E-state index is 0.377. The molecule has 3 aromatic rings. The lowest BCUT2D eigenvalue weighted by atomic mass is 10.1. The predicted molar refractivity (Wildman–Crippen MR) is 70.0 cm³/mol. The van der Waals surface area contributed by atoms with Crippen molar-refractivity contribution in [2.45, 2.75) is 6.92 Å². The summed E-state index contributed by atoms with van der Waals surface area (Å²) in [5.41, 5.74) is 7.60. The number of nitrogens with zero attached hydrogens (tertiary/aromatic N) is 3. The van der Waals surface area contributed by atoms with Crippen molar-refractivity contribution in [2.24, 2.45) is 0 Å². The van der Waals surface area contributed by atoms with Crippen molar-refractivity contribution in [3.63, 3.8) is 0 Å². The molecule has 0 spiro atoms. The standard InChI is InChI=1S/C12H10N4OS/c1-7-15-6-9(18-7)11-10(12(13)16-17-11)8-2-4-14-5-3-8/h2-6H,1H3,(H2,13,16). The summed E-state index contributed by atoms with van der Waals surface area (Å²) in [4.78, 5) is 9.12. The molecule has 0 atom stereocenters. The van der Waals surface area contributed by atoms with Gasteiger partial charge in [-0.05, 0) is 24.6 Å². The minimum atomic E-state index is 0.377. The van der Waals surface area contributed by atoms with Crippen LogP contribution >= 0.6 is 11.3 Å². The molecule has 0 aromatic carbocycles. The topological polar surface area (TPSA) is 77.8 Å². The summed E-state index contributed by atoms with van der Waals surface area (Å²) >= 11 is 1.55. The summed E-state index contributed by atoms with van der Waals surface area (Å²) in [7, 11) is 0. The molecule has 2 N–H and O–H groups in total. The number of aromatic nitrogens is 3. The first-order valence-electron chi connectivity index (χ1n) is 5.34. The maximum absolute atomic E-state index is 5.88. The van der Waals surface area contributed by atoms with Gasteiger partial charge in [-0.15, -0.1) is 11.3 Å². The average molecular weight is 258 g/mol. The summed E-state index contributed by atoms with van der Waals surface area (Å²) < 4.78 is 5.32. The van der Waals surface area contributed by atoms with Crippen molar-refractivity contribution in [3.8, 4) is 21.8 Å². The number of aryl methyl sites for hydroxylation is 1. The molecule has 3 heterocycles. The number of nitrogen functional groups attached to an aromatic ring is 1. The van der Waals surface area contributed by atoms with E-state index in [0.29, 0.717) is 11.6 Å². The average Bonchev–Trinajstić information content (AvgIpc) is 2.96. The molecule has 0 saturated carbocycles. The van der Waals surface area contributed by atoms with E-state index < -0.39 is 0 Å². The quantitative estimate of drug-likeness (QED) is 0.764. The van der Waals surface area contributed by atoms with Gasteiger partial charge in [0.1, 0.15) is 0 Å². The van der Waals surface area contributed by atoms with Crippen LogP contribution in [-0.2, 0) is 0 Å². The molecule has 0 radical (unpaired) electrons. The lowest BCUT2D eigenvalue weighted by Gasteiger charge is -1.99. The van der Waals surface area contributed by atoms with E-state index in [1.807, 2.05) is 19.1 Å². The Hall–Kier alpha value is -2.21. The molecule has 0 bridgehead atoms.